The van der Waals surface area contributed by atoms with Crippen molar-refractivity contribution in [1.82, 2.24) is 0 Å². The first-order valence-corrected chi connectivity index (χ1v) is 10.3. The lowest BCUT2D eigenvalue weighted by Crippen LogP contribution is -2.09. The van der Waals surface area contributed by atoms with E-state index in [9.17, 15) is 8.42 Å². The third-order valence-corrected chi connectivity index (χ3v) is 5.58. The van der Waals surface area contributed by atoms with Crippen molar-refractivity contribution >= 4 is 15.8 Å². The minimum atomic E-state index is -3.82. The molecular formula is C22H23NO3S. The van der Waals surface area contributed by atoms with Gasteiger partial charge in [0.2, 0.25) is 0 Å². The molecule has 0 saturated carbocycles. The molecule has 0 amide bonds. The van der Waals surface area contributed by atoms with Crippen LogP contribution in [0.15, 0.2) is 77.7 Å². The van der Waals surface area contributed by atoms with Gasteiger partial charge in [-0.2, -0.15) is 8.42 Å². The van der Waals surface area contributed by atoms with Gasteiger partial charge in [-0.05, 0) is 54.8 Å². The number of hydrogen-bond donors (Lipinski definition) is 1. The van der Waals surface area contributed by atoms with E-state index < -0.39 is 10.1 Å². The van der Waals surface area contributed by atoms with Crippen LogP contribution in [-0.4, -0.2) is 8.42 Å². The summed E-state index contributed by atoms with van der Waals surface area (Å²) in [6, 6.07) is 21.9. The van der Waals surface area contributed by atoms with E-state index in [1.807, 2.05) is 31.2 Å². The van der Waals surface area contributed by atoms with Crippen LogP contribution in [0.3, 0.4) is 0 Å². The maximum atomic E-state index is 12.3. The van der Waals surface area contributed by atoms with Crippen LogP contribution in [0.2, 0.25) is 0 Å². The second-order valence-corrected chi connectivity index (χ2v) is 7.91. The molecule has 5 heteroatoms. The van der Waals surface area contributed by atoms with Crippen molar-refractivity contribution in [2.75, 3.05) is 5.32 Å². The largest absolute Gasteiger partial charge is 0.381 e. The molecule has 0 aliphatic carbocycles. The van der Waals surface area contributed by atoms with Crippen molar-refractivity contribution in [3.05, 3.63) is 89.5 Å². The Balaban J connectivity index is 1.65. The molecule has 3 aromatic carbocycles. The van der Waals surface area contributed by atoms with Crippen LogP contribution >= 0.6 is 0 Å². The highest BCUT2D eigenvalue weighted by atomic mass is 32.2. The number of anilines is 1. The van der Waals surface area contributed by atoms with Crippen molar-refractivity contribution in [3.63, 3.8) is 0 Å². The van der Waals surface area contributed by atoms with Crippen molar-refractivity contribution in [2.24, 2.45) is 0 Å². The fraction of sp³-hybridized carbons (Fsp3) is 0.182. The van der Waals surface area contributed by atoms with Gasteiger partial charge in [0.15, 0.2) is 0 Å². The first-order valence-electron chi connectivity index (χ1n) is 8.90. The summed E-state index contributed by atoms with van der Waals surface area (Å²) in [6.45, 7) is 4.69. The predicted octanol–water partition coefficient (Wildman–Crippen LogP) is 4.94. The molecule has 3 aromatic rings. The number of nitrogens with one attached hydrogen (secondary N) is 1. The van der Waals surface area contributed by atoms with E-state index in [4.69, 9.17) is 4.18 Å². The van der Waals surface area contributed by atoms with E-state index in [1.54, 1.807) is 36.4 Å². The lowest BCUT2D eigenvalue weighted by atomic mass is 10.1. The standard InChI is InChI=1S/C22H23NO3S/c1-3-19-6-4-5-7-22(19)23-16-18-10-12-20(13-11-18)26-27(24,25)21-14-8-17(2)9-15-21/h4-15,23H,3,16H2,1-2H3. The van der Waals surface area contributed by atoms with Crippen LogP contribution in [0.1, 0.15) is 23.6 Å². The zero-order valence-corrected chi connectivity index (χ0v) is 16.3. The van der Waals surface area contributed by atoms with Gasteiger partial charge >= 0.3 is 10.1 Å². The van der Waals surface area contributed by atoms with E-state index in [0.717, 1.165) is 23.2 Å². The average Bonchev–Trinajstić information content (AvgIpc) is 2.68. The number of aryl methyl sites for hydroxylation is 2. The molecule has 0 saturated heterocycles. The van der Waals surface area contributed by atoms with Crippen molar-refractivity contribution < 1.29 is 12.6 Å². The SMILES string of the molecule is CCc1ccccc1NCc1ccc(OS(=O)(=O)c2ccc(C)cc2)cc1. The second kappa shape index (κ2) is 8.27. The van der Waals surface area contributed by atoms with Crippen LogP contribution in [0.25, 0.3) is 0 Å². The van der Waals surface area contributed by atoms with Gasteiger partial charge in [-0.1, -0.05) is 55.0 Å². The van der Waals surface area contributed by atoms with Gasteiger partial charge in [0, 0.05) is 12.2 Å². The third kappa shape index (κ3) is 4.89. The van der Waals surface area contributed by atoms with Crippen LogP contribution in [0, 0.1) is 6.92 Å². The van der Waals surface area contributed by atoms with Crippen LogP contribution < -0.4 is 9.50 Å². The highest BCUT2D eigenvalue weighted by Gasteiger charge is 2.16. The van der Waals surface area contributed by atoms with Gasteiger partial charge in [0.1, 0.15) is 10.6 Å². The molecule has 4 nitrogen and oxygen atoms in total. The molecule has 0 spiro atoms. The van der Waals surface area contributed by atoms with Gasteiger partial charge in [-0.3, -0.25) is 0 Å². The lowest BCUT2D eigenvalue weighted by Gasteiger charge is -2.11. The molecule has 0 heterocycles. The summed E-state index contributed by atoms with van der Waals surface area (Å²) in [7, 11) is -3.82. The van der Waals surface area contributed by atoms with E-state index in [2.05, 4.69) is 24.4 Å². The van der Waals surface area contributed by atoms with Crippen molar-refractivity contribution in [2.45, 2.75) is 31.7 Å². The Kier molecular flexibility index (Phi) is 5.81. The monoisotopic (exact) mass is 381 g/mol. The summed E-state index contributed by atoms with van der Waals surface area (Å²) in [5.74, 6) is 0.299. The summed E-state index contributed by atoms with van der Waals surface area (Å²) >= 11 is 0. The fourth-order valence-corrected chi connectivity index (χ4v) is 3.67. The number of rotatable bonds is 7. The summed E-state index contributed by atoms with van der Waals surface area (Å²) in [4.78, 5) is 0.148. The summed E-state index contributed by atoms with van der Waals surface area (Å²) < 4.78 is 29.9. The molecule has 140 valence electrons. The molecule has 0 unspecified atom stereocenters. The fourth-order valence-electron chi connectivity index (χ4n) is 2.74. The molecule has 3 rings (SSSR count). The van der Waals surface area contributed by atoms with E-state index in [-0.39, 0.29) is 4.90 Å². The van der Waals surface area contributed by atoms with E-state index in [1.165, 1.54) is 5.56 Å². The minimum absolute atomic E-state index is 0.148. The third-order valence-electron chi connectivity index (χ3n) is 4.32. The van der Waals surface area contributed by atoms with E-state index in [0.29, 0.717) is 12.3 Å². The number of para-hydroxylation sites is 1. The maximum Gasteiger partial charge on any atom is 0.339 e. The highest BCUT2D eigenvalue weighted by Crippen LogP contribution is 2.21. The Morgan fingerprint density at radius 3 is 2.22 bits per heavy atom. The zero-order valence-electron chi connectivity index (χ0n) is 15.5. The second-order valence-electron chi connectivity index (χ2n) is 6.36. The Morgan fingerprint density at radius 2 is 1.56 bits per heavy atom. The van der Waals surface area contributed by atoms with Gasteiger partial charge in [0.05, 0.1) is 0 Å². The van der Waals surface area contributed by atoms with Crippen LogP contribution in [-0.2, 0) is 23.1 Å². The Labute approximate surface area is 161 Å². The highest BCUT2D eigenvalue weighted by molar-refractivity contribution is 7.87. The average molecular weight is 381 g/mol. The maximum absolute atomic E-state index is 12.3. The quantitative estimate of drug-likeness (QED) is 0.589. The van der Waals surface area contributed by atoms with Crippen LogP contribution in [0.4, 0.5) is 5.69 Å². The predicted molar refractivity (Wildman–Crippen MR) is 109 cm³/mol. The molecule has 0 bridgehead atoms. The summed E-state index contributed by atoms with van der Waals surface area (Å²) in [6.07, 6.45) is 0.965. The van der Waals surface area contributed by atoms with Crippen molar-refractivity contribution in [1.29, 1.82) is 0 Å². The Hall–Kier alpha value is -2.79. The molecule has 27 heavy (non-hydrogen) atoms. The summed E-state index contributed by atoms with van der Waals surface area (Å²) in [5.41, 5.74) is 4.42. The summed E-state index contributed by atoms with van der Waals surface area (Å²) in [5, 5.41) is 3.42. The Bertz CT molecular complexity index is 994. The molecular weight excluding hydrogens is 358 g/mol. The first-order chi connectivity index (χ1) is 13.0. The molecule has 0 aromatic heterocycles. The van der Waals surface area contributed by atoms with Gasteiger partial charge < -0.3 is 9.50 Å². The Morgan fingerprint density at radius 1 is 0.889 bits per heavy atom. The van der Waals surface area contributed by atoms with Gasteiger partial charge in [-0.25, -0.2) is 0 Å². The van der Waals surface area contributed by atoms with Gasteiger partial charge in [0.25, 0.3) is 0 Å². The normalized spacial score (nSPS) is 11.2. The number of benzene rings is 3. The molecule has 0 radical (unpaired) electrons. The van der Waals surface area contributed by atoms with Gasteiger partial charge in [-0.15, -0.1) is 0 Å². The molecule has 0 fully saturated rings. The number of hydrogen-bond acceptors (Lipinski definition) is 4. The molecule has 0 aliphatic heterocycles. The zero-order chi connectivity index (χ0) is 19.3. The van der Waals surface area contributed by atoms with E-state index >= 15 is 0 Å². The van der Waals surface area contributed by atoms with Crippen LogP contribution in [0.5, 0.6) is 5.75 Å². The lowest BCUT2D eigenvalue weighted by molar-refractivity contribution is 0.486. The first kappa shape index (κ1) is 19.0. The smallest absolute Gasteiger partial charge is 0.339 e. The minimum Gasteiger partial charge on any atom is -0.381 e. The molecule has 1 N–H and O–H groups in total. The molecule has 0 aliphatic rings. The van der Waals surface area contributed by atoms with Crippen molar-refractivity contribution in [3.8, 4) is 5.75 Å². The molecule has 0 atom stereocenters. The topological polar surface area (TPSA) is 55.4 Å².